The first-order valence-electron chi connectivity index (χ1n) is 4.58. The van der Waals surface area contributed by atoms with Gasteiger partial charge in [-0.05, 0) is 18.1 Å². The summed E-state index contributed by atoms with van der Waals surface area (Å²) in [5.74, 6) is 0. The van der Waals surface area contributed by atoms with Gasteiger partial charge in [-0.2, -0.15) is 0 Å². The molecule has 1 N–H and O–H groups in total. The molecule has 0 saturated heterocycles. The largest absolute Gasteiger partial charge is 0.312 e. The van der Waals surface area contributed by atoms with E-state index in [9.17, 15) is 0 Å². The summed E-state index contributed by atoms with van der Waals surface area (Å²) in [6.07, 6.45) is 2.13. The quantitative estimate of drug-likeness (QED) is 0.673. The van der Waals surface area contributed by atoms with Gasteiger partial charge in [0.2, 0.25) is 0 Å². The molecule has 1 aliphatic heterocycles. The second-order valence-electron chi connectivity index (χ2n) is 3.19. The van der Waals surface area contributed by atoms with Gasteiger partial charge in [-0.3, -0.25) is 4.98 Å². The van der Waals surface area contributed by atoms with Crippen molar-refractivity contribution >= 4 is 0 Å². The third-order valence-electron chi connectivity index (χ3n) is 2.34. The van der Waals surface area contributed by atoms with E-state index in [1.54, 1.807) is 0 Å². The highest BCUT2D eigenvalue weighted by molar-refractivity contribution is 5.25. The molecule has 2 heteroatoms. The van der Waals surface area contributed by atoms with E-state index in [0.29, 0.717) is 0 Å². The fraction of sp³-hybridized carbons (Fsp3) is 0.500. The van der Waals surface area contributed by atoms with Crippen LogP contribution in [0.1, 0.15) is 23.9 Å². The Morgan fingerprint density at radius 3 is 3.25 bits per heavy atom. The number of aryl methyl sites for hydroxylation is 1. The van der Waals surface area contributed by atoms with Crippen molar-refractivity contribution in [3.05, 3.63) is 29.1 Å². The number of aromatic nitrogens is 1. The minimum atomic E-state index is 0.992. The van der Waals surface area contributed by atoms with Crippen LogP contribution in [0, 0.1) is 0 Å². The summed E-state index contributed by atoms with van der Waals surface area (Å²) in [6.45, 7) is 4.22. The molecule has 0 unspecified atom stereocenters. The van der Waals surface area contributed by atoms with Crippen molar-refractivity contribution in [3.63, 3.8) is 0 Å². The van der Waals surface area contributed by atoms with Gasteiger partial charge in [-0.1, -0.05) is 13.0 Å². The zero-order chi connectivity index (χ0) is 8.39. The molecule has 2 rings (SSSR count). The second-order valence-corrected chi connectivity index (χ2v) is 3.19. The van der Waals surface area contributed by atoms with E-state index < -0.39 is 0 Å². The Bertz CT molecular complexity index is 281. The first-order valence-corrected chi connectivity index (χ1v) is 4.58. The van der Waals surface area contributed by atoms with Crippen molar-refractivity contribution in [2.45, 2.75) is 26.3 Å². The number of nitrogens with one attached hydrogen (secondary N) is 1. The number of hydrogen-bond donors (Lipinski definition) is 1. The highest BCUT2D eigenvalue weighted by atomic mass is 14.9. The van der Waals surface area contributed by atoms with Crippen LogP contribution in [-0.4, -0.2) is 11.5 Å². The summed E-state index contributed by atoms with van der Waals surface area (Å²) in [7, 11) is 0. The van der Waals surface area contributed by atoms with Gasteiger partial charge in [-0.15, -0.1) is 0 Å². The first kappa shape index (κ1) is 7.74. The average molecular weight is 162 g/mol. The van der Waals surface area contributed by atoms with E-state index in [-0.39, 0.29) is 0 Å². The highest BCUT2D eigenvalue weighted by Crippen LogP contribution is 2.11. The number of rotatable bonds is 1. The zero-order valence-electron chi connectivity index (χ0n) is 7.43. The molecule has 0 radical (unpaired) electrons. The monoisotopic (exact) mass is 162 g/mol. The minimum Gasteiger partial charge on any atom is -0.312 e. The standard InChI is InChI=1S/C10H14N2/c1-2-9-4-3-8-7-11-6-5-10(8)12-9/h3-4,11H,2,5-7H2,1H3. The van der Waals surface area contributed by atoms with E-state index >= 15 is 0 Å². The molecule has 0 bridgehead atoms. The summed E-state index contributed by atoms with van der Waals surface area (Å²) >= 11 is 0. The maximum Gasteiger partial charge on any atom is 0.0464 e. The number of hydrogen-bond acceptors (Lipinski definition) is 2. The maximum absolute atomic E-state index is 4.59. The van der Waals surface area contributed by atoms with Crippen LogP contribution in [0.2, 0.25) is 0 Å². The molecule has 0 spiro atoms. The Labute approximate surface area is 73.0 Å². The van der Waals surface area contributed by atoms with Crippen LogP contribution in [0.4, 0.5) is 0 Å². The van der Waals surface area contributed by atoms with Gasteiger partial charge in [0.05, 0.1) is 0 Å². The molecule has 0 amide bonds. The molecular formula is C10H14N2. The number of nitrogens with zero attached hydrogens (tertiary/aromatic N) is 1. The van der Waals surface area contributed by atoms with Gasteiger partial charge in [0.1, 0.15) is 0 Å². The summed E-state index contributed by atoms with van der Waals surface area (Å²) in [6, 6.07) is 4.33. The SMILES string of the molecule is CCc1ccc2c(n1)CCNC2. The molecule has 2 heterocycles. The van der Waals surface area contributed by atoms with Crippen molar-refractivity contribution in [1.82, 2.24) is 10.3 Å². The Balaban J connectivity index is 2.36. The van der Waals surface area contributed by atoms with Gasteiger partial charge in [0, 0.05) is 30.9 Å². The van der Waals surface area contributed by atoms with Gasteiger partial charge >= 0.3 is 0 Å². The number of fused-ring (bicyclic) bond motifs is 1. The van der Waals surface area contributed by atoms with E-state index in [0.717, 1.165) is 25.9 Å². The van der Waals surface area contributed by atoms with Crippen LogP contribution in [0.5, 0.6) is 0 Å². The lowest BCUT2D eigenvalue weighted by molar-refractivity contribution is 0.627. The normalized spacial score (nSPS) is 15.8. The van der Waals surface area contributed by atoms with E-state index in [2.05, 4.69) is 29.4 Å². The third kappa shape index (κ3) is 1.34. The zero-order valence-corrected chi connectivity index (χ0v) is 7.43. The molecule has 1 aliphatic rings. The van der Waals surface area contributed by atoms with Crippen LogP contribution in [0.15, 0.2) is 12.1 Å². The molecule has 2 nitrogen and oxygen atoms in total. The van der Waals surface area contributed by atoms with Gasteiger partial charge in [0.25, 0.3) is 0 Å². The van der Waals surface area contributed by atoms with Crippen LogP contribution >= 0.6 is 0 Å². The summed E-state index contributed by atoms with van der Waals surface area (Å²) in [4.78, 5) is 4.59. The van der Waals surface area contributed by atoms with Crippen LogP contribution in [0.3, 0.4) is 0 Å². The fourth-order valence-corrected chi connectivity index (χ4v) is 1.58. The maximum atomic E-state index is 4.59. The Morgan fingerprint density at radius 1 is 1.50 bits per heavy atom. The van der Waals surface area contributed by atoms with E-state index in [1.807, 2.05) is 0 Å². The molecule has 0 aliphatic carbocycles. The van der Waals surface area contributed by atoms with Crippen molar-refractivity contribution in [2.24, 2.45) is 0 Å². The lowest BCUT2D eigenvalue weighted by Gasteiger charge is -2.16. The van der Waals surface area contributed by atoms with Crippen molar-refractivity contribution in [1.29, 1.82) is 0 Å². The molecule has 0 atom stereocenters. The average Bonchev–Trinajstić information content (AvgIpc) is 2.17. The Kier molecular flexibility index (Phi) is 2.09. The highest BCUT2D eigenvalue weighted by Gasteiger charge is 2.09. The summed E-state index contributed by atoms with van der Waals surface area (Å²) in [5.41, 5.74) is 3.89. The molecule has 1 aromatic heterocycles. The predicted molar refractivity (Wildman–Crippen MR) is 49.0 cm³/mol. The molecule has 64 valence electrons. The first-order chi connectivity index (χ1) is 5.90. The third-order valence-corrected chi connectivity index (χ3v) is 2.34. The number of pyridine rings is 1. The van der Waals surface area contributed by atoms with Gasteiger partial charge < -0.3 is 5.32 Å². The molecular weight excluding hydrogens is 148 g/mol. The summed E-state index contributed by atoms with van der Waals surface area (Å²) < 4.78 is 0. The molecule has 0 aromatic carbocycles. The topological polar surface area (TPSA) is 24.9 Å². The fourth-order valence-electron chi connectivity index (χ4n) is 1.58. The lowest BCUT2D eigenvalue weighted by atomic mass is 10.1. The van der Waals surface area contributed by atoms with Gasteiger partial charge in [0.15, 0.2) is 0 Å². The molecule has 1 aromatic rings. The van der Waals surface area contributed by atoms with Crippen molar-refractivity contribution < 1.29 is 0 Å². The van der Waals surface area contributed by atoms with E-state index in [4.69, 9.17) is 0 Å². The minimum absolute atomic E-state index is 0.992. The molecule has 0 saturated carbocycles. The molecule has 0 fully saturated rings. The predicted octanol–water partition coefficient (Wildman–Crippen LogP) is 1.29. The summed E-state index contributed by atoms with van der Waals surface area (Å²) in [5, 5.41) is 3.34. The Morgan fingerprint density at radius 2 is 2.42 bits per heavy atom. The van der Waals surface area contributed by atoms with Gasteiger partial charge in [-0.25, -0.2) is 0 Å². The van der Waals surface area contributed by atoms with Crippen LogP contribution in [0.25, 0.3) is 0 Å². The van der Waals surface area contributed by atoms with Crippen LogP contribution < -0.4 is 5.32 Å². The van der Waals surface area contributed by atoms with E-state index in [1.165, 1.54) is 17.0 Å². The van der Waals surface area contributed by atoms with Crippen molar-refractivity contribution in [2.75, 3.05) is 6.54 Å². The second kappa shape index (κ2) is 3.23. The molecule has 12 heavy (non-hydrogen) atoms. The van der Waals surface area contributed by atoms with Crippen LogP contribution in [-0.2, 0) is 19.4 Å². The van der Waals surface area contributed by atoms with Crippen molar-refractivity contribution in [3.8, 4) is 0 Å². The smallest absolute Gasteiger partial charge is 0.0464 e. The lowest BCUT2D eigenvalue weighted by Crippen LogP contribution is -2.24. The Hall–Kier alpha value is -0.890.